The van der Waals surface area contributed by atoms with Crippen molar-refractivity contribution < 1.29 is 19.0 Å². The first-order chi connectivity index (χ1) is 16.5. The van der Waals surface area contributed by atoms with Crippen LogP contribution in [0.1, 0.15) is 34.0 Å². The van der Waals surface area contributed by atoms with Crippen molar-refractivity contribution in [3.63, 3.8) is 0 Å². The lowest BCUT2D eigenvalue weighted by Crippen LogP contribution is -2.33. The van der Waals surface area contributed by atoms with Crippen LogP contribution in [0.25, 0.3) is 0 Å². The average Bonchev–Trinajstić information content (AvgIpc) is 2.95. The summed E-state index contributed by atoms with van der Waals surface area (Å²) in [4.78, 5) is 20.6. The molecule has 1 amide bonds. The van der Waals surface area contributed by atoms with Crippen LogP contribution in [0.5, 0.6) is 11.6 Å². The quantitative estimate of drug-likeness (QED) is 0.529. The van der Waals surface area contributed by atoms with Crippen LogP contribution >= 0.6 is 0 Å². The van der Waals surface area contributed by atoms with Gasteiger partial charge in [-0.3, -0.25) is 4.79 Å². The van der Waals surface area contributed by atoms with E-state index in [-0.39, 0.29) is 24.4 Å². The normalized spacial score (nSPS) is 14.5. The number of carbonyl (C=O) groups is 1. The average molecular weight is 465 g/mol. The number of anilines is 1. The highest BCUT2D eigenvalue weighted by atomic mass is 19.1. The number of aromatic hydroxyl groups is 1. The number of pyridine rings is 1. The van der Waals surface area contributed by atoms with E-state index in [1.165, 1.54) is 12.1 Å². The number of nitrogens with one attached hydrogen (secondary N) is 1. The third-order valence-corrected chi connectivity index (χ3v) is 5.94. The number of aromatic nitrogens is 1. The lowest BCUT2D eigenvalue weighted by atomic mass is 10.1. The van der Waals surface area contributed by atoms with Crippen LogP contribution in [0, 0.1) is 5.82 Å². The zero-order valence-electron chi connectivity index (χ0n) is 19.4. The Kier molecular flexibility index (Phi) is 7.27. The van der Waals surface area contributed by atoms with Crippen molar-refractivity contribution in [3.8, 4) is 11.6 Å². The second-order valence-electron chi connectivity index (χ2n) is 8.35. The van der Waals surface area contributed by atoms with Crippen LogP contribution < -0.4 is 15.0 Å². The summed E-state index contributed by atoms with van der Waals surface area (Å²) in [7, 11) is 3.70. The predicted molar refractivity (Wildman–Crippen MR) is 129 cm³/mol. The van der Waals surface area contributed by atoms with Gasteiger partial charge in [0, 0.05) is 50.8 Å². The first kappa shape index (κ1) is 23.5. The van der Waals surface area contributed by atoms with Gasteiger partial charge in [-0.25, -0.2) is 4.39 Å². The van der Waals surface area contributed by atoms with E-state index in [1.807, 2.05) is 49.3 Å². The number of halogens is 1. The van der Waals surface area contributed by atoms with Crippen molar-refractivity contribution in [1.29, 1.82) is 0 Å². The maximum atomic E-state index is 15.1. The Morgan fingerprint density at radius 1 is 1.15 bits per heavy atom. The number of amides is 1. The molecule has 7 nitrogen and oxygen atoms in total. The molecular formula is C26H29FN4O3. The Hall–Kier alpha value is -3.65. The zero-order chi connectivity index (χ0) is 24.1. The van der Waals surface area contributed by atoms with Gasteiger partial charge in [-0.05, 0) is 31.3 Å². The van der Waals surface area contributed by atoms with Crippen molar-refractivity contribution in [1.82, 2.24) is 15.2 Å². The van der Waals surface area contributed by atoms with Crippen LogP contribution in [0.3, 0.4) is 0 Å². The molecule has 8 heteroatoms. The van der Waals surface area contributed by atoms with E-state index in [0.29, 0.717) is 35.8 Å². The van der Waals surface area contributed by atoms with E-state index in [1.54, 1.807) is 23.1 Å². The van der Waals surface area contributed by atoms with Crippen LogP contribution in [-0.2, 0) is 6.54 Å². The fourth-order valence-electron chi connectivity index (χ4n) is 4.03. The summed E-state index contributed by atoms with van der Waals surface area (Å²) in [6.45, 7) is 1.81. The summed E-state index contributed by atoms with van der Waals surface area (Å²) < 4.78 is 21.2. The Balaban J connectivity index is 1.51. The minimum Gasteiger partial charge on any atom is -0.493 e. The van der Waals surface area contributed by atoms with Crippen molar-refractivity contribution in [2.24, 2.45) is 0 Å². The van der Waals surface area contributed by atoms with Gasteiger partial charge in [-0.1, -0.05) is 36.4 Å². The second-order valence-corrected chi connectivity index (χ2v) is 8.35. The van der Waals surface area contributed by atoms with Crippen molar-refractivity contribution in [2.45, 2.75) is 19.1 Å². The zero-order valence-corrected chi connectivity index (χ0v) is 19.4. The number of carbonyl (C=O) groups excluding carboxylic acids is 1. The third kappa shape index (κ3) is 5.28. The van der Waals surface area contributed by atoms with E-state index in [9.17, 15) is 9.90 Å². The molecule has 2 aromatic carbocycles. The predicted octanol–water partition coefficient (Wildman–Crippen LogP) is 3.75. The van der Waals surface area contributed by atoms with E-state index < -0.39 is 5.82 Å². The fraction of sp³-hybridized carbons (Fsp3) is 0.308. The van der Waals surface area contributed by atoms with E-state index >= 15 is 4.39 Å². The van der Waals surface area contributed by atoms with E-state index in [2.05, 4.69) is 10.3 Å². The molecule has 2 heterocycles. The number of hydrogen-bond donors (Lipinski definition) is 2. The van der Waals surface area contributed by atoms with Gasteiger partial charge >= 0.3 is 0 Å². The minimum atomic E-state index is -0.424. The maximum Gasteiger partial charge on any atom is 0.257 e. The third-order valence-electron chi connectivity index (χ3n) is 5.94. The molecule has 0 saturated heterocycles. The molecule has 1 aliphatic heterocycles. The maximum absolute atomic E-state index is 15.1. The van der Waals surface area contributed by atoms with Crippen LogP contribution in [-0.4, -0.2) is 54.6 Å². The summed E-state index contributed by atoms with van der Waals surface area (Å²) >= 11 is 0. The standard InChI is InChI=1S/C26H29FN4O3/c1-28-13-12-23(18-6-4-3-5-7-18)34-20-9-8-19(22(27)16-20)17-31-15-14-30(2)25-21(26(31)33)10-11-24(32)29-25/h3-11,16,23,28H,12-15,17H2,1-2H3,(H,29,32)/t23-/m0/s1. The molecule has 34 heavy (non-hydrogen) atoms. The molecule has 0 radical (unpaired) electrons. The topological polar surface area (TPSA) is 77.9 Å². The molecule has 0 fully saturated rings. The van der Waals surface area contributed by atoms with E-state index in [0.717, 1.165) is 18.5 Å². The second kappa shape index (κ2) is 10.5. The molecule has 1 aromatic heterocycles. The van der Waals surface area contributed by atoms with Gasteiger partial charge < -0.3 is 25.0 Å². The molecule has 4 rings (SSSR count). The number of likely N-dealkylation sites (N-methyl/N-ethyl adjacent to an activating group) is 1. The lowest BCUT2D eigenvalue weighted by Gasteiger charge is -2.22. The smallest absolute Gasteiger partial charge is 0.257 e. The number of benzene rings is 2. The van der Waals surface area contributed by atoms with Gasteiger partial charge in [0.2, 0.25) is 5.88 Å². The molecule has 0 bridgehead atoms. The summed E-state index contributed by atoms with van der Waals surface area (Å²) in [6, 6.07) is 17.6. The molecule has 178 valence electrons. The fourth-order valence-corrected chi connectivity index (χ4v) is 4.03. The van der Waals surface area contributed by atoms with Gasteiger partial charge in [0.1, 0.15) is 23.5 Å². The Morgan fingerprint density at radius 3 is 2.68 bits per heavy atom. The summed E-state index contributed by atoms with van der Waals surface area (Å²) in [5.41, 5.74) is 1.82. The summed E-state index contributed by atoms with van der Waals surface area (Å²) in [6.07, 6.45) is 0.532. The highest BCUT2D eigenvalue weighted by molar-refractivity contribution is 5.99. The largest absolute Gasteiger partial charge is 0.493 e. The number of ether oxygens (including phenoxy) is 1. The van der Waals surface area contributed by atoms with Gasteiger partial charge in [0.25, 0.3) is 5.91 Å². The van der Waals surface area contributed by atoms with Gasteiger partial charge in [-0.2, -0.15) is 4.98 Å². The Bertz CT molecular complexity index is 1140. The summed E-state index contributed by atoms with van der Waals surface area (Å²) in [5, 5.41) is 12.8. The molecular weight excluding hydrogens is 435 g/mol. The molecule has 0 spiro atoms. The van der Waals surface area contributed by atoms with Gasteiger partial charge in [-0.15, -0.1) is 0 Å². The molecule has 1 aliphatic rings. The Morgan fingerprint density at radius 2 is 1.94 bits per heavy atom. The van der Waals surface area contributed by atoms with Gasteiger partial charge in [0.05, 0.1) is 5.56 Å². The van der Waals surface area contributed by atoms with Crippen molar-refractivity contribution in [2.75, 3.05) is 38.6 Å². The first-order valence-electron chi connectivity index (χ1n) is 11.3. The van der Waals surface area contributed by atoms with Crippen LogP contribution in [0.2, 0.25) is 0 Å². The number of fused-ring (bicyclic) bond motifs is 1. The van der Waals surface area contributed by atoms with Gasteiger partial charge in [0.15, 0.2) is 0 Å². The Labute approximate surface area is 198 Å². The number of rotatable bonds is 8. The number of hydrogen-bond acceptors (Lipinski definition) is 6. The SMILES string of the molecule is CNCC[C@H](Oc1ccc(CN2CCN(C)c3nc(O)ccc3C2=O)c(F)c1)c1ccccc1. The molecule has 2 N–H and O–H groups in total. The first-order valence-corrected chi connectivity index (χ1v) is 11.3. The highest BCUT2D eigenvalue weighted by Gasteiger charge is 2.27. The molecule has 0 saturated carbocycles. The highest BCUT2D eigenvalue weighted by Crippen LogP contribution is 2.28. The monoisotopic (exact) mass is 464 g/mol. The molecule has 3 aromatic rings. The van der Waals surface area contributed by atoms with Crippen molar-refractivity contribution in [3.05, 3.63) is 83.2 Å². The number of nitrogens with zero attached hydrogens (tertiary/aromatic N) is 3. The van der Waals surface area contributed by atoms with Crippen LogP contribution in [0.4, 0.5) is 10.2 Å². The van der Waals surface area contributed by atoms with E-state index in [4.69, 9.17) is 4.74 Å². The molecule has 1 atom stereocenters. The summed E-state index contributed by atoms with van der Waals surface area (Å²) in [5.74, 6) is 0.0515. The van der Waals surface area contributed by atoms with Crippen molar-refractivity contribution >= 4 is 11.7 Å². The minimum absolute atomic E-state index is 0.126. The molecule has 0 unspecified atom stereocenters. The van der Waals surface area contributed by atoms with Crippen LogP contribution in [0.15, 0.2) is 60.7 Å². The lowest BCUT2D eigenvalue weighted by molar-refractivity contribution is 0.0753. The molecule has 0 aliphatic carbocycles.